The van der Waals surface area contributed by atoms with Crippen LogP contribution in [0.4, 0.5) is 0 Å². The van der Waals surface area contributed by atoms with Crippen molar-refractivity contribution in [2.45, 2.75) is 65.8 Å². The van der Waals surface area contributed by atoms with E-state index in [0.29, 0.717) is 0 Å². The second kappa shape index (κ2) is 5.85. The van der Waals surface area contributed by atoms with Crippen molar-refractivity contribution in [2.75, 3.05) is 0 Å². The van der Waals surface area contributed by atoms with Crippen molar-refractivity contribution >= 4 is 17.4 Å². The highest BCUT2D eigenvalue weighted by atomic mass is 32.1. The van der Waals surface area contributed by atoms with Crippen molar-refractivity contribution in [3.63, 3.8) is 0 Å². The first-order valence-corrected chi connectivity index (χ1v) is 8.91. The molecule has 0 N–H and O–H groups in total. The largest absolute Gasteiger partial charge is 0.262 e. The summed E-state index contributed by atoms with van der Waals surface area (Å²) in [4.78, 5) is 1.65. The van der Waals surface area contributed by atoms with Gasteiger partial charge >= 0.3 is 0 Å². The fourth-order valence-electron chi connectivity index (χ4n) is 3.74. The maximum Gasteiger partial charge on any atom is 0.262 e. The first-order chi connectivity index (χ1) is 9.67. The van der Waals surface area contributed by atoms with Crippen molar-refractivity contribution in [2.24, 2.45) is 5.92 Å². The topological polar surface area (TPSA) is 3.88 Å². The number of hydrogen-bond donors (Lipinski definition) is 0. The number of allylic oxidation sites excluding steroid dienone is 3. The summed E-state index contributed by atoms with van der Waals surface area (Å²) in [5.74, 6) is 0.802. The molecular formula is C18H26NS+. The van der Waals surface area contributed by atoms with Gasteiger partial charge in [-0.1, -0.05) is 29.9 Å². The van der Waals surface area contributed by atoms with E-state index in [2.05, 4.69) is 37.5 Å². The fourth-order valence-corrected chi connectivity index (χ4v) is 5.13. The average molecular weight is 288 g/mol. The molecule has 1 unspecified atom stereocenters. The highest BCUT2D eigenvalue weighted by Crippen LogP contribution is 2.31. The van der Waals surface area contributed by atoms with E-state index in [1.165, 1.54) is 49.1 Å². The van der Waals surface area contributed by atoms with E-state index in [0.717, 1.165) is 12.5 Å². The second-order valence-electron chi connectivity index (χ2n) is 6.48. The van der Waals surface area contributed by atoms with Crippen LogP contribution in [0, 0.1) is 5.92 Å². The molecule has 20 heavy (non-hydrogen) atoms. The van der Waals surface area contributed by atoms with Crippen LogP contribution in [-0.2, 0) is 19.4 Å². The minimum absolute atomic E-state index is 0.802. The Morgan fingerprint density at radius 3 is 2.85 bits per heavy atom. The maximum atomic E-state index is 2.56. The van der Waals surface area contributed by atoms with Gasteiger partial charge in [-0.05, 0) is 57.4 Å². The number of hydrogen-bond acceptors (Lipinski definition) is 1. The summed E-state index contributed by atoms with van der Waals surface area (Å²) in [6, 6.07) is 0. The Labute approximate surface area is 127 Å². The summed E-state index contributed by atoms with van der Waals surface area (Å²) >= 11 is 2.04. The van der Waals surface area contributed by atoms with Gasteiger partial charge in [0.2, 0.25) is 0 Å². The van der Waals surface area contributed by atoms with E-state index in [4.69, 9.17) is 0 Å². The molecule has 0 amide bonds. The van der Waals surface area contributed by atoms with E-state index < -0.39 is 0 Å². The molecular weight excluding hydrogens is 262 g/mol. The summed E-state index contributed by atoms with van der Waals surface area (Å²) in [7, 11) is 0. The van der Waals surface area contributed by atoms with Crippen molar-refractivity contribution in [1.29, 1.82) is 0 Å². The Hall–Kier alpha value is -0.890. The molecule has 0 fully saturated rings. The quantitative estimate of drug-likeness (QED) is 0.695. The van der Waals surface area contributed by atoms with Gasteiger partial charge in [0.25, 0.3) is 5.01 Å². The fraction of sp³-hybridized carbons (Fsp3) is 0.611. The Morgan fingerprint density at radius 2 is 2.10 bits per heavy atom. The van der Waals surface area contributed by atoms with Crippen molar-refractivity contribution in [1.82, 2.24) is 0 Å². The van der Waals surface area contributed by atoms with E-state index in [1.807, 2.05) is 11.3 Å². The van der Waals surface area contributed by atoms with Crippen molar-refractivity contribution < 1.29 is 4.57 Å². The Bertz CT molecular complexity index is 562. The number of aryl methyl sites for hydroxylation is 1. The molecule has 0 aliphatic heterocycles. The standard InChI is InChI=1S/C18H26NS/c1-4-19-16-7-5-6-8-17(16)20-18(19)12-15-10-13(2)9-14(3)11-15/h10,12,14H,4-9,11H2,1-3H3/q+1/b15-12+. The molecule has 0 bridgehead atoms. The zero-order valence-electron chi connectivity index (χ0n) is 13.0. The molecule has 0 saturated carbocycles. The van der Waals surface area contributed by atoms with Crippen LogP contribution in [0.25, 0.3) is 6.08 Å². The molecule has 1 nitrogen and oxygen atoms in total. The van der Waals surface area contributed by atoms with Gasteiger partial charge < -0.3 is 0 Å². The second-order valence-corrected chi connectivity index (χ2v) is 7.60. The molecule has 0 spiro atoms. The normalized spacial score (nSPS) is 24.6. The van der Waals surface area contributed by atoms with Gasteiger partial charge in [-0.2, -0.15) is 4.57 Å². The van der Waals surface area contributed by atoms with Crippen LogP contribution in [0.15, 0.2) is 17.2 Å². The molecule has 1 aromatic heterocycles. The van der Waals surface area contributed by atoms with Crippen molar-refractivity contribution in [3.8, 4) is 0 Å². The number of rotatable bonds is 2. The van der Waals surface area contributed by atoms with E-state index in [1.54, 1.807) is 16.1 Å². The third-order valence-corrected chi connectivity index (χ3v) is 5.75. The molecule has 0 aromatic carbocycles. The molecule has 1 aromatic rings. The molecule has 1 heterocycles. The lowest BCUT2D eigenvalue weighted by Gasteiger charge is -2.18. The van der Waals surface area contributed by atoms with Crippen LogP contribution < -0.4 is 4.57 Å². The number of aromatic nitrogens is 1. The average Bonchev–Trinajstić information content (AvgIpc) is 2.74. The minimum atomic E-state index is 0.802. The lowest BCUT2D eigenvalue weighted by atomic mass is 9.88. The summed E-state index contributed by atoms with van der Waals surface area (Å²) in [5.41, 5.74) is 4.70. The van der Waals surface area contributed by atoms with Crippen LogP contribution in [0.1, 0.15) is 62.0 Å². The Kier molecular flexibility index (Phi) is 4.11. The van der Waals surface area contributed by atoms with Crippen molar-refractivity contribution in [3.05, 3.63) is 32.8 Å². The predicted molar refractivity (Wildman–Crippen MR) is 87.0 cm³/mol. The van der Waals surface area contributed by atoms with Gasteiger partial charge in [-0.15, -0.1) is 0 Å². The van der Waals surface area contributed by atoms with Gasteiger partial charge in [0, 0.05) is 12.5 Å². The molecule has 0 saturated heterocycles. The van der Waals surface area contributed by atoms with Gasteiger partial charge in [0.15, 0.2) is 5.69 Å². The lowest BCUT2D eigenvalue weighted by molar-refractivity contribution is -0.698. The van der Waals surface area contributed by atoms with E-state index in [-0.39, 0.29) is 0 Å². The van der Waals surface area contributed by atoms with E-state index in [9.17, 15) is 0 Å². The number of nitrogens with zero attached hydrogens (tertiary/aromatic N) is 1. The third-order valence-electron chi connectivity index (χ3n) is 4.52. The highest BCUT2D eigenvalue weighted by Gasteiger charge is 2.26. The predicted octanol–water partition coefficient (Wildman–Crippen LogP) is 4.69. The Morgan fingerprint density at radius 1 is 1.30 bits per heavy atom. The van der Waals surface area contributed by atoms with Crippen LogP contribution in [0.3, 0.4) is 0 Å². The summed E-state index contributed by atoms with van der Waals surface area (Å²) in [6.45, 7) is 8.05. The molecule has 1 atom stereocenters. The molecule has 3 rings (SSSR count). The smallest absolute Gasteiger partial charge is 0.186 e. The molecule has 2 aliphatic carbocycles. The SMILES string of the molecule is CC[n+]1c(/C=C2\C=C(C)CC(C)C2)sc2c1CCCC2. The van der Waals surface area contributed by atoms with Crippen LogP contribution in [-0.4, -0.2) is 0 Å². The van der Waals surface area contributed by atoms with Crippen LogP contribution >= 0.6 is 11.3 Å². The van der Waals surface area contributed by atoms with Crippen LogP contribution in [0.2, 0.25) is 0 Å². The number of fused-ring (bicyclic) bond motifs is 1. The zero-order chi connectivity index (χ0) is 14.1. The lowest BCUT2D eigenvalue weighted by Crippen LogP contribution is -2.38. The van der Waals surface area contributed by atoms with E-state index >= 15 is 0 Å². The highest BCUT2D eigenvalue weighted by molar-refractivity contribution is 7.12. The first kappa shape index (κ1) is 14.1. The van der Waals surface area contributed by atoms with Gasteiger partial charge in [0.1, 0.15) is 6.54 Å². The molecule has 108 valence electrons. The molecule has 2 aliphatic rings. The third kappa shape index (κ3) is 2.76. The van der Waals surface area contributed by atoms with Crippen LogP contribution in [0.5, 0.6) is 0 Å². The zero-order valence-corrected chi connectivity index (χ0v) is 13.9. The number of thiazole rings is 1. The monoisotopic (exact) mass is 288 g/mol. The summed E-state index contributed by atoms with van der Waals surface area (Å²) in [5, 5.41) is 1.48. The van der Waals surface area contributed by atoms with Gasteiger partial charge in [-0.25, -0.2) is 0 Å². The minimum Gasteiger partial charge on any atom is -0.186 e. The summed E-state index contributed by atoms with van der Waals surface area (Å²) in [6.07, 6.45) is 12.7. The maximum absolute atomic E-state index is 2.56. The molecule has 0 radical (unpaired) electrons. The van der Waals surface area contributed by atoms with Gasteiger partial charge in [-0.3, -0.25) is 0 Å². The Balaban J connectivity index is 1.98. The van der Waals surface area contributed by atoms with Gasteiger partial charge in [0.05, 0.1) is 4.88 Å². The first-order valence-electron chi connectivity index (χ1n) is 8.09. The summed E-state index contributed by atoms with van der Waals surface area (Å²) < 4.78 is 2.56. The molecule has 2 heteroatoms.